The maximum absolute atomic E-state index is 13.2. The van der Waals surface area contributed by atoms with Crippen LogP contribution in [0.15, 0.2) is 35.0 Å². The Balaban J connectivity index is 1.66. The van der Waals surface area contributed by atoms with Gasteiger partial charge in [0.1, 0.15) is 0 Å². The minimum Gasteiger partial charge on any atom is -0.320 e. The number of rotatable bonds is 1. The van der Waals surface area contributed by atoms with Gasteiger partial charge in [-0.05, 0) is 26.1 Å². The number of carbonyl (C=O) groups excluding carboxylic acids is 2. The fourth-order valence-electron chi connectivity index (χ4n) is 3.28. The minimum absolute atomic E-state index is 0.197. The Morgan fingerprint density at radius 3 is 2.85 bits per heavy atom. The van der Waals surface area contributed by atoms with Crippen molar-refractivity contribution in [3.63, 3.8) is 0 Å². The van der Waals surface area contributed by atoms with E-state index in [0.717, 1.165) is 19.6 Å². The van der Waals surface area contributed by atoms with Gasteiger partial charge in [-0.25, -0.2) is 9.80 Å². The number of anilines is 3. The van der Waals surface area contributed by atoms with Crippen molar-refractivity contribution < 1.29 is 9.59 Å². The number of nitrogens with zero attached hydrogens (tertiary/aromatic N) is 3. The van der Waals surface area contributed by atoms with Crippen LogP contribution in [0.5, 0.6) is 0 Å². The molecule has 4 rings (SSSR count). The zero-order chi connectivity index (χ0) is 18.3. The molecular weight excluding hydrogens is 350 g/mol. The SMILES string of the molecule is CC1CN(NC(=O)N2c3ccccc3NC(=O)c3cscc32)CCN1C. The Bertz CT molecular complexity index is 852. The van der Waals surface area contributed by atoms with Gasteiger partial charge in [-0.1, -0.05) is 12.1 Å². The first-order valence-electron chi connectivity index (χ1n) is 8.57. The first-order valence-corrected chi connectivity index (χ1v) is 9.51. The van der Waals surface area contributed by atoms with Crippen molar-refractivity contribution in [2.45, 2.75) is 13.0 Å². The summed E-state index contributed by atoms with van der Waals surface area (Å²) >= 11 is 1.41. The van der Waals surface area contributed by atoms with E-state index in [2.05, 4.69) is 29.6 Å². The number of likely N-dealkylation sites (N-methyl/N-ethyl adjacent to an activating group) is 1. The maximum atomic E-state index is 13.2. The molecule has 7 nitrogen and oxygen atoms in total. The standard InChI is InChI=1S/C18H21N5O2S/c1-12-9-22(8-7-21(12)2)20-18(25)23-15-6-4-3-5-14(15)19-17(24)13-10-26-11-16(13)23/h3-6,10-12H,7-9H2,1-2H3,(H,19,24)(H,20,25). The summed E-state index contributed by atoms with van der Waals surface area (Å²) in [5.74, 6) is -0.197. The van der Waals surface area contributed by atoms with Crippen molar-refractivity contribution in [3.05, 3.63) is 40.6 Å². The largest absolute Gasteiger partial charge is 0.341 e. The van der Waals surface area contributed by atoms with E-state index in [0.29, 0.717) is 28.7 Å². The lowest BCUT2D eigenvalue weighted by Crippen LogP contribution is -2.58. The third-order valence-electron chi connectivity index (χ3n) is 4.94. The van der Waals surface area contributed by atoms with Crippen LogP contribution >= 0.6 is 11.3 Å². The molecule has 2 aromatic rings. The van der Waals surface area contributed by atoms with E-state index in [1.165, 1.54) is 11.3 Å². The molecule has 0 spiro atoms. The Morgan fingerprint density at radius 2 is 2.04 bits per heavy atom. The number of benzene rings is 1. The molecule has 2 N–H and O–H groups in total. The monoisotopic (exact) mass is 371 g/mol. The number of piperazine rings is 1. The summed E-state index contributed by atoms with van der Waals surface area (Å²) in [6, 6.07) is 7.46. The van der Waals surface area contributed by atoms with Crippen molar-refractivity contribution in [1.29, 1.82) is 0 Å². The number of amides is 3. The fraction of sp³-hybridized carbons (Fsp3) is 0.333. The Labute approximate surface area is 156 Å². The van der Waals surface area contributed by atoms with Gasteiger partial charge in [0.15, 0.2) is 0 Å². The van der Waals surface area contributed by atoms with Gasteiger partial charge in [0.2, 0.25) is 0 Å². The molecule has 1 aromatic heterocycles. The van der Waals surface area contributed by atoms with Crippen LogP contribution in [0.4, 0.5) is 21.9 Å². The Kier molecular flexibility index (Phi) is 4.39. The Hall–Kier alpha value is -2.42. The molecule has 0 radical (unpaired) electrons. The number of fused-ring (bicyclic) bond motifs is 2. The molecule has 1 atom stereocenters. The van der Waals surface area contributed by atoms with Gasteiger partial charge < -0.3 is 10.2 Å². The van der Waals surface area contributed by atoms with E-state index in [4.69, 9.17) is 0 Å². The first-order chi connectivity index (χ1) is 12.5. The predicted octanol–water partition coefficient (Wildman–Crippen LogP) is 2.71. The van der Waals surface area contributed by atoms with Gasteiger partial charge in [0.25, 0.3) is 5.91 Å². The van der Waals surface area contributed by atoms with Crippen LogP contribution in [0.1, 0.15) is 17.3 Å². The van der Waals surface area contributed by atoms with Crippen LogP contribution in [-0.2, 0) is 0 Å². The summed E-state index contributed by atoms with van der Waals surface area (Å²) in [5, 5.41) is 8.45. The second kappa shape index (κ2) is 6.71. The smallest absolute Gasteiger partial charge is 0.320 e. The maximum Gasteiger partial charge on any atom is 0.341 e. The fourth-order valence-corrected chi connectivity index (χ4v) is 4.07. The highest BCUT2D eigenvalue weighted by Crippen LogP contribution is 2.39. The molecule has 1 unspecified atom stereocenters. The minimum atomic E-state index is -0.259. The molecule has 1 aromatic carbocycles. The van der Waals surface area contributed by atoms with Crippen molar-refractivity contribution in [3.8, 4) is 0 Å². The number of nitrogens with one attached hydrogen (secondary N) is 2. The van der Waals surface area contributed by atoms with Crippen LogP contribution in [0.2, 0.25) is 0 Å². The summed E-state index contributed by atoms with van der Waals surface area (Å²) in [7, 11) is 2.09. The predicted molar refractivity (Wildman–Crippen MR) is 103 cm³/mol. The molecule has 2 aliphatic heterocycles. The average molecular weight is 371 g/mol. The van der Waals surface area contributed by atoms with Gasteiger partial charge in [-0.2, -0.15) is 0 Å². The lowest BCUT2D eigenvalue weighted by Gasteiger charge is -2.38. The zero-order valence-electron chi connectivity index (χ0n) is 14.7. The molecule has 1 fully saturated rings. The first kappa shape index (κ1) is 17.0. The molecular formula is C18H21N5O2S. The number of hydrazine groups is 1. The lowest BCUT2D eigenvalue weighted by molar-refractivity contribution is 0.0766. The van der Waals surface area contributed by atoms with Gasteiger partial charge >= 0.3 is 6.03 Å². The summed E-state index contributed by atoms with van der Waals surface area (Å²) in [4.78, 5) is 29.5. The molecule has 0 saturated carbocycles. The molecule has 3 heterocycles. The second-order valence-electron chi connectivity index (χ2n) is 6.67. The van der Waals surface area contributed by atoms with Crippen molar-refractivity contribution in [2.24, 2.45) is 0 Å². The summed E-state index contributed by atoms with van der Waals surface area (Å²) in [6.45, 7) is 4.54. The van der Waals surface area contributed by atoms with E-state index < -0.39 is 0 Å². The van der Waals surface area contributed by atoms with E-state index in [1.54, 1.807) is 16.3 Å². The van der Waals surface area contributed by atoms with Crippen LogP contribution in [0, 0.1) is 0 Å². The topological polar surface area (TPSA) is 67.9 Å². The highest BCUT2D eigenvalue weighted by molar-refractivity contribution is 7.08. The van der Waals surface area contributed by atoms with Gasteiger partial charge in [0.05, 0.1) is 22.6 Å². The van der Waals surface area contributed by atoms with Crippen LogP contribution in [0.3, 0.4) is 0 Å². The molecule has 8 heteroatoms. The normalized spacial score (nSPS) is 20.8. The van der Waals surface area contributed by atoms with Gasteiger partial charge in [0, 0.05) is 36.4 Å². The highest BCUT2D eigenvalue weighted by Gasteiger charge is 2.31. The lowest BCUT2D eigenvalue weighted by atomic mass is 10.2. The van der Waals surface area contributed by atoms with E-state index in [1.807, 2.05) is 28.6 Å². The summed E-state index contributed by atoms with van der Waals surface area (Å²) in [5.41, 5.74) is 5.42. The molecule has 1 saturated heterocycles. The van der Waals surface area contributed by atoms with Crippen LogP contribution in [0.25, 0.3) is 0 Å². The molecule has 2 aliphatic rings. The summed E-state index contributed by atoms with van der Waals surface area (Å²) < 4.78 is 0. The molecule has 136 valence electrons. The number of carbonyl (C=O) groups is 2. The van der Waals surface area contributed by atoms with Crippen LogP contribution in [-0.4, -0.2) is 54.6 Å². The average Bonchev–Trinajstić information content (AvgIpc) is 3.05. The number of para-hydroxylation sites is 2. The molecule has 26 heavy (non-hydrogen) atoms. The third kappa shape index (κ3) is 2.96. The highest BCUT2D eigenvalue weighted by atomic mass is 32.1. The third-order valence-corrected chi connectivity index (χ3v) is 5.67. The van der Waals surface area contributed by atoms with Crippen molar-refractivity contribution in [2.75, 3.05) is 36.9 Å². The van der Waals surface area contributed by atoms with Crippen molar-refractivity contribution in [1.82, 2.24) is 15.3 Å². The number of thiophene rings is 1. The summed E-state index contributed by atoms with van der Waals surface area (Å²) in [6.07, 6.45) is 0. The van der Waals surface area contributed by atoms with Crippen molar-refractivity contribution >= 4 is 40.3 Å². The molecule has 3 amide bonds. The number of hydrogen-bond donors (Lipinski definition) is 2. The molecule has 0 aliphatic carbocycles. The number of hydrogen-bond acceptors (Lipinski definition) is 5. The quantitative estimate of drug-likeness (QED) is 0.809. The second-order valence-corrected chi connectivity index (χ2v) is 7.41. The van der Waals surface area contributed by atoms with E-state index in [9.17, 15) is 9.59 Å². The number of urea groups is 1. The zero-order valence-corrected chi connectivity index (χ0v) is 15.5. The van der Waals surface area contributed by atoms with Crippen LogP contribution < -0.4 is 15.6 Å². The van der Waals surface area contributed by atoms with E-state index >= 15 is 0 Å². The van der Waals surface area contributed by atoms with Gasteiger partial charge in [-0.3, -0.25) is 15.1 Å². The van der Waals surface area contributed by atoms with E-state index in [-0.39, 0.29) is 11.9 Å². The molecule has 0 bridgehead atoms. The van der Waals surface area contributed by atoms with Gasteiger partial charge in [-0.15, -0.1) is 11.3 Å². The Morgan fingerprint density at radius 1 is 1.23 bits per heavy atom.